The van der Waals surface area contributed by atoms with Crippen molar-refractivity contribution in [3.63, 3.8) is 0 Å². The van der Waals surface area contributed by atoms with E-state index in [1.54, 1.807) is 0 Å². The maximum atomic E-state index is 10.6. The van der Waals surface area contributed by atoms with Crippen molar-refractivity contribution in [2.45, 2.75) is 38.6 Å². The van der Waals surface area contributed by atoms with Crippen LogP contribution in [0.15, 0.2) is 12.2 Å². The summed E-state index contributed by atoms with van der Waals surface area (Å²) in [6.07, 6.45) is 3.39. The van der Waals surface area contributed by atoms with Gasteiger partial charge < -0.3 is 5.11 Å². The van der Waals surface area contributed by atoms with Gasteiger partial charge in [-0.1, -0.05) is 19.1 Å². The molecule has 3 heteroatoms. The summed E-state index contributed by atoms with van der Waals surface area (Å²) in [7, 11) is 0. The van der Waals surface area contributed by atoms with Crippen LogP contribution >= 0.6 is 0 Å². The largest absolute Gasteiger partial charge is 0.481 e. The molecule has 0 saturated carbocycles. The Balaban J connectivity index is 2.42. The smallest absolute Gasteiger partial charge is 0.304 e. The van der Waals surface area contributed by atoms with Gasteiger partial charge in [0.05, 0.1) is 6.42 Å². The van der Waals surface area contributed by atoms with Crippen LogP contribution in [-0.2, 0) is 4.79 Å². The lowest BCUT2D eigenvalue weighted by atomic mass is 10.1. The number of likely N-dealkylation sites (tertiary alicyclic amines) is 1. The molecule has 1 aliphatic heterocycles. The van der Waals surface area contributed by atoms with Crippen molar-refractivity contribution in [1.29, 1.82) is 0 Å². The Bertz CT molecular complexity index is 225. The Morgan fingerprint density at radius 2 is 2.36 bits per heavy atom. The van der Waals surface area contributed by atoms with E-state index in [2.05, 4.69) is 18.4 Å². The number of hydrogen-bond donors (Lipinski definition) is 1. The van der Waals surface area contributed by atoms with Gasteiger partial charge in [-0.3, -0.25) is 9.69 Å². The molecule has 1 fully saturated rings. The van der Waals surface area contributed by atoms with E-state index < -0.39 is 5.97 Å². The van der Waals surface area contributed by atoms with Crippen molar-refractivity contribution in [2.24, 2.45) is 0 Å². The van der Waals surface area contributed by atoms with Crippen molar-refractivity contribution in [3.05, 3.63) is 12.2 Å². The van der Waals surface area contributed by atoms with Crippen molar-refractivity contribution < 1.29 is 9.90 Å². The predicted octanol–water partition coefficient (Wildman–Crippen LogP) is 1.89. The van der Waals surface area contributed by atoms with Crippen LogP contribution in [0.3, 0.4) is 0 Å². The van der Waals surface area contributed by atoms with E-state index in [4.69, 9.17) is 5.11 Å². The second-order valence-corrected chi connectivity index (χ2v) is 3.97. The average molecular weight is 197 g/mol. The molecule has 1 heterocycles. The van der Waals surface area contributed by atoms with Crippen molar-refractivity contribution in [3.8, 4) is 0 Å². The Labute approximate surface area is 85.4 Å². The number of nitrogens with zero attached hydrogens (tertiary/aromatic N) is 1. The fourth-order valence-corrected chi connectivity index (χ4v) is 1.94. The van der Waals surface area contributed by atoms with Crippen LogP contribution in [0.5, 0.6) is 0 Å². The molecule has 0 amide bonds. The monoisotopic (exact) mass is 197 g/mol. The highest BCUT2D eigenvalue weighted by molar-refractivity contribution is 5.67. The van der Waals surface area contributed by atoms with Crippen LogP contribution in [0, 0.1) is 0 Å². The average Bonchev–Trinajstić information content (AvgIpc) is 2.52. The van der Waals surface area contributed by atoms with Crippen LogP contribution in [0.4, 0.5) is 0 Å². The second-order valence-electron chi connectivity index (χ2n) is 3.97. The minimum absolute atomic E-state index is 0.232. The molecule has 0 aliphatic carbocycles. The molecule has 0 aromatic heterocycles. The first-order valence-electron chi connectivity index (χ1n) is 5.26. The summed E-state index contributed by atoms with van der Waals surface area (Å²) in [6, 6.07) is 0.232. The number of aliphatic carboxylic acids is 1. The highest BCUT2D eigenvalue weighted by Gasteiger charge is 2.26. The van der Waals surface area contributed by atoms with Gasteiger partial charge in [-0.25, -0.2) is 0 Å². The molecule has 1 aliphatic rings. The standard InChI is InChI=1S/C11H19NO2/c1-3-9(2)8-12-6-4-5-10(12)7-11(13)14/h10H,2-8H2,1H3,(H,13,14). The summed E-state index contributed by atoms with van der Waals surface area (Å²) in [5.41, 5.74) is 1.20. The third kappa shape index (κ3) is 3.14. The molecule has 1 rings (SSSR count). The highest BCUT2D eigenvalue weighted by Crippen LogP contribution is 2.21. The number of rotatable bonds is 5. The Hall–Kier alpha value is -0.830. The third-order valence-electron chi connectivity index (χ3n) is 2.84. The van der Waals surface area contributed by atoms with E-state index in [1.165, 1.54) is 5.57 Å². The first-order chi connectivity index (χ1) is 6.63. The van der Waals surface area contributed by atoms with Gasteiger partial charge in [-0.2, -0.15) is 0 Å². The molecule has 14 heavy (non-hydrogen) atoms. The Morgan fingerprint density at radius 3 is 2.93 bits per heavy atom. The molecule has 1 atom stereocenters. The van der Waals surface area contributed by atoms with Crippen LogP contribution in [-0.4, -0.2) is 35.1 Å². The van der Waals surface area contributed by atoms with E-state index >= 15 is 0 Å². The van der Waals surface area contributed by atoms with Gasteiger partial charge in [0.15, 0.2) is 0 Å². The van der Waals surface area contributed by atoms with Gasteiger partial charge in [0.2, 0.25) is 0 Å². The highest BCUT2D eigenvalue weighted by atomic mass is 16.4. The van der Waals surface area contributed by atoms with Crippen molar-refractivity contribution >= 4 is 5.97 Å². The summed E-state index contributed by atoms with van der Waals surface area (Å²) in [5.74, 6) is -0.691. The number of carbonyl (C=O) groups is 1. The summed E-state index contributed by atoms with van der Waals surface area (Å²) in [4.78, 5) is 12.9. The number of carboxylic acids is 1. The maximum Gasteiger partial charge on any atom is 0.304 e. The first-order valence-corrected chi connectivity index (χ1v) is 5.26. The Morgan fingerprint density at radius 1 is 1.64 bits per heavy atom. The fourth-order valence-electron chi connectivity index (χ4n) is 1.94. The van der Waals surface area contributed by atoms with E-state index in [1.807, 2.05) is 0 Å². The van der Waals surface area contributed by atoms with Crippen LogP contribution < -0.4 is 0 Å². The summed E-state index contributed by atoms with van der Waals surface area (Å²) >= 11 is 0. The molecular weight excluding hydrogens is 178 g/mol. The quantitative estimate of drug-likeness (QED) is 0.684. The maximum absolute atomic E-state index is 10.6. The van der Waals surface area contributed by atoms with E-state index in [-0.39, 0.29) is 12.5 Å². The predicted molar refractivity (Wildman–Crippen MR) is 56.3 cm³/mol. The zero-order valence-electron chi connectivity index (χ0n) is 8.83. The SMILES string of the molecule is C=C(CC)CN1CCCC1CC(=O)O. The Kier molecular flexibility index (Phi) is 4.14. The lowest BCUT2D eigenvalue weighted by molar-refractivity contribution is -0.138. The van der Waals surface area contributed by atoms with Gasteiger partial charge in [0.1, 0.15) is 0 Å². The molecule has 3 nitrogen and oxygen atoms in total. The third-order valence-corrected chi connectivity index (χ3v) is 2.84. The summed E-state index contributed by atoms with van der Waals surface area (Å²) in [6.45, 7) is 7.94. The van der Waals surface area contributed by atoms with Gasteiger partial charge in [-0.05, 0) is 25.8 Å². The molecule has 1 N–H and O–H groups in total. The van der Waals surface area contributed by atoms with Crippen LogP contribution in [0.1, 0.15) is 32.6 Å². The molecule has 0 aromatic carbocycles. The molecule has 80 valence electrons. The van der Waals surface area contributed by atoms with Gasteiger partial charge in [0, 0.05) is 12.6 Å². The molecular formula is C11H19NO2. The zero-order chi connectivity index (χ0) is 10.6. The molecule has 0 bridgehead atoms. The minimum Gasteiger partial charge on any atom is -0.481 e. The van der Waals surface area contributed by atoms with E-state index in [0.29, 0.717) is 0 Å². The fraction of sp³-hybridized carbons (Fsp3) is 0.727. The molecule has 1 saturated heterocycles. The minimum atomic E-state index is -0.691. The summed E-state index contributed by atoms with van der Waals surface area (Å²) in [5, 5.41) is 8.73. The van der Waals surface area contributed by atoms with Gasteiger partial charge >= 0.3 is 5.97 Å². The van der Waals surface area contributed by atoms with Crippen molar-refractivity contribution in [1.82, 2.24) is 4.90 Å². The molecule has 1 unspecified atom stereocenters. The lowest BCUT2D eigenvalue weighted by Gasteiger charge is -2.23. The van der Waals surface area contributed by atoms with Crippen LogP contribution in [0.2, 0.25) is 0 Å². The van der Waals surface area contributed by atoms with Gasteiger partial charge in [-0.15, -0.1) is 0 Å². The topological polar surface area (TPSA) is 40.5 Å². The lowest BCUT2D eigenvalue weighted by Crippen LogP contribution is -2.32. The number of carboxylic acid groups (broad SMARTS) is 1. The van der Waals surface area contributed by atoms with Crippen molar-refractivity contribution in [2.75, 3.05) is 13.1 Å². The van der Waals surface area contributed by atoms with Gasteiger partial charge in [0.25, 0.3) is 0 Å². The van der Waals surface area contributed by atoms with E-state index in [0.717, 1.165) is 32.4 Å². The molecule has 0 radical (unpaired) electrons. The molecule has 0 spiro atoms. The van der Waals surface area contributed by atoms with E-state index in [9.17, 15) is 4.79 Å². The zero-order valence-corrected chi connectivity index (χ0v) is 8.83. The van der Waals surface area contributed by atoms with Crippen LogP contribution in [0.25, 0.3) is 0 Å². The second kappa shape index (κ2) is 5.15. The first kappa shape index (κ1) is 11.2. The summed E-state index contributed by atoms with van der Waals surface area (Å²) < 4.78 is 0. The number of hydrogen-bond acceptors (Lipinski definition) is 2. The normalized spacial score (nSPS) is 22.5. The molecule has 0 aromatic rings.